The molecule has 5 nitrogen and oxygen atoms in total. The Balaban J connectivity index is 1.37. The van der Waals surface area contributed by atoms with E-state index in [2.05, 4.69) is 4.90 Å². The monoisotopic (exact) mass is 472 g/mol. The van der Waals surface area contributed by atoms with E-state index in [0.29, 0.717) is 12.8 Å². The van der Waals surface area contributed by atoms with E-state index in [1.54, 1.807) is 31.2 Å². The molecule has 1 N–H and O–H groups in total. The summed E-state index contributed by atoms with van der Waals surface area (Å²) < 4.78 is 32.7. The van der Waals surface area contributed by atoms with Gasteiger partial charge in [0.1, 0.15) is 11.6 Å². The molecule has 2 aliphatic heterocycles. The quantitative estimate of drug-likeness (QED) is 0.596. The fourth-order valence-electron chi connectivity index (χ4n) is 5.57. The molecule has 2 saturated heterocycles. The van der Waals surface area contributed by atoms with Crippen LogP contribution in [0.4, 0.5) is 13.6 Å². The Morgan fingerprint density at radius 3 is 1.91 bits per heavy atom. The number of carbonyl (C=O) groups excluding carboxylic acids is 1. The largest absolute Gasteiger partial charge is 0.437 e. The molecule has 1 spiro atoms. The Labute approximate surface area is 200 Å². The summed E-state index contributed by atoms with van der Waals surface area (Å²) in [4.78, 5) is 16.2. The highest BCUT2D eigenvalue weighted by molar-refractivity contribution is 5.72. The summed E-state index contributed by atoms with van der Waals surface area (Å²) >= 11 is 0. The number of aliphatic hydroxyl groups is 1. The molecule has 2 aliphatic rings. The van der Waals surface area contributed by atoms with Gasteiger partial charge in [-0.3, -0.25) is 4.90 Å². The summed E-state index contributed by atoms with van der Waals surface area (Å²) in [6, 6.07) is 12.9. The number of carbonyl (C=O) groups is 1. The number of amides is 1. The van der Waals surface area contributed by atoms with Gasteiger partial charge in [0.05, 0.1) is 0 Å². The van der Waals surface area contributed by atoms with E-state index in [4.69, 9.17) is 4.74 Å². The normalized spacial score (nSPS) is 22.7. The predicted octanol–water partition coefficient (Wildman–Crippen LogP) is 5.28. The second kappa shape index (κ2) is 9.62. The lowest BCUT2D eigenvalue weighted by atomic mass is 9.81. The first kappa shape index (κ1) is 24.6. The molecule has 34 heavy (non-hydrogen) atoms. The highest BCUT2D eigenvalue weighted by atomic mass is 19.1. The summed E-state index contributed by atoms with van der Waals surface area (Å²) in [6.45, 7) is 7.76. The van der Waals surface area contributed by atoms with Gasteiger partial charge in [0.15, 0.2) is 11.3 Å². The van der Waals surface area contributed by atoms with Crippen LogP contribution in [-0.4, -0.2) is 58.0 Å². The van der Waals surface area contributed by atoms with Crippen LogP contribution >= 0.6 is 0 Å². The zero-order chi connectivity index (χ0) is 24.5. The van der Waals surface area contributed by atoms with E-state index in [1.807, 2.05) is 13.8 Å². The third-order valence-electron chi connectivity index (χ3n) is 7.50. The summed E-state index contributed by atoms with van der Waals surface area (Å²) in [5.41, 5.74) is -0.197. The predicted molar refractivity (Wildman–Crippen MR) is 126 cm³/mol. The minimum absolute atomic E-state index is 0.0495. The number of benzene rings is 2. The molecule has 2 fully saturated rings. The van der Waals surface area contributed by atoms with Crippen molar-refractivity contribution in [2.45, 2.75) is 69.7 Å². The number of hydrogen-bond acceptors (Lipinski definition) is 4. The van der Waals surface area contributed by atoms with Gasteiger partial charge in [0, 0.05) is 37.9 Å². The van der Waals surface area contributed by atoms with Crippen LogP contribution in [0, 0.1) is 11.6 Å². The maximum Gasteiger partial charge on any atom is 0.413 e. The molecule has 2 aromatic carbocycles. The number of nitrogens with zero attached hydrogens (tertiary/aromatic N) is 2. The van der Waals surface area contributed by atoms with Crippen molar-refractivity contribution in [3.63, 3.8) is 0 Å². The zero-order valence-corrected chi connectivity index (χ0v) is 20.1. The van der Waals surface area contributed by atoms with Crippen LogP contribution in [0.15, 0.2) is 48.5 Å². The van der Waals surface area contributed by atoms with Crippen molar-refractivity contribution in [2.75, 3.05) is 19.6 Å². The minimum atomic E-state index is -1.33. The maximum absolute atomic E-state index is 13.5. The van der Waals surface area contributed by atoms with Crippen molar-refractivity contribution in [3.05, 3.63) is 71.3 Å². The van der Waals surface area contributed by atoms with Gasteiger partial charge in [-0.2, -0.15) is 0 Å². The van der Waals surface area contributed by atoms with Gasteiger partial charge < -0.3 is 14.7 Å². The van der Waals surface area contributed by atoms with Gasteiger partial charge in [-0.05, 0) is 75.5 Å². The highest BCUT2D eigenvalue weighted by Gasteiger charge is 2.63. The van der Waals surface area contributed by atoms with Crippen molar-refractivity contribution in [1.29, 1.82) is 0 Å². The number of likely N-dealkylation sites (tertiary alicyclic amines) is 1. The first-order valence-corrected chi connectivity index (χ1v) is 12.1. The van der Waals surface area contributed by atoms with Crippen LogP contribution in [-0.2, 0) is 4.74 Å². The first-order chi connectivity index (χ1) is 16.1. The van der Waals surface area contributed by atoms with E-state index in [1.165, 1.54) is 29.2 Å². The molecule has 2 heterocycles. The molecule has 7 heteroatoms. The maximum atomic E-state index is 13.5. The van der Waals surface area contributed by atoms with Gasteiger partial charge in [-0.25, -0.2) is 13.6 Å². The lowest BCUT2D eigenvalue weighted by Gasteiger charge is -2.45. The SMILES string of the molecule is CC(C)N1C(=O)OC2(CCN(CCCC(c3ccc(F)cc3)c3ccc(F)cc3)CC2)C1(C)O. The summed E-state index contributed by atoms with van der Waals surface area (Å²) in [5, 5.41) is 11.2. The number of piperidine rings is 1. The fourth-order valence-corrected chi connectivity index (χ4v) is 5.57. The number of ether oxygens (including phenoxy) is 1. The lowest BCUT2D eigenvalue weighted by molar-refractivity contribution is -0.170. The molecular weight excluding hydrogens is 438 g/mol. The molecular formula is C27H34F2N2O3. The van der Waals surface area contributed by atoms with Crippen molar-refractivity contribution < 1.29 is 23.4 Å². The summed E-state index contributed by atoms with van der Waals surface area (Å²) in [7, 11) is 0. The first-order valence-electron chi connectivity index (χ1n) is 12.1. The van der Waals surface area contributed by atoms with Crippen LogP contribution in [0.5, 0.6) is 0 Å². The zero-order valence-electron chi connectivity index (χ0n) is 20.1. The van der Waals surface area contributed by atoms with Crippen LogP contribution < -0.4 is 0 Å². The Morgan fingerprint density at radius 1 is 0.971 bits per heavy atom. The lowest BCUT2D eigenvalue weighted by Crippen LogP contribution is -2.61. The van der Waals surface area contributed by atoms with Crippen molar-refractivity contribution in [1.82, 2.24) is 9.80 Å². The molecule has 4 rings (SSSR count). The Morgan fingerprint density at radius 2 is 1.47 bits per heavy atom. The number of halogens is 2. The average Bonchev–Trinajstić information content (AvgIpc) is 2.98. The van der Waals surface area contributed by atoms with E-state index in [-0.39, 0.29) is 23.6 Å². The average molecular weight is 473 g/mol. The minimum Gasteiger partial charge on any atom is -0.437 e. The van der Waals surface area contributed by atoms with Crippen molar-refractivity contribution in [2.24, 2.45) is 0 Å². The second-order valence-electron chi connectivity index (χ2n) is 9.99. The van der Waals surface area contributed by atoms with E-state index in [0.717, 1.165) is 43.6 Å². The third-order valence-corrected chi connectivity index (χ3v) is 7.50. The van der Waals surface area contributed by atoms with Gasteiger partial charge in [-0.1, -0.05) is 24.3 Å². The molecule has 1 atom stereocenters. The molecule has 2 aromatic rings. The molecule has 0 saturated carbocycles. The summed E-state index contributed by atoms with van der Waals surface area (Å²) in [6.07, 6.45) is 2.45. The van der Waals surface area contributed by atoms with Gasteiger partial charge in [0.25, 0.3) is 0 Å². The topological polar surface area (TPSA) is 53.0 Å². The molecule has 184 valence electrons. The van der Waals surface area contributed by atoms with Crippen LogP contribution in [0.2, 0.25) is 0 Å². The number of rotatable bonds is 7. The van der Waals surface area contributed by atoms with E-state index < -0.39 is 17.4 Å². The fraction of sp³-hybridized carbons (Fsp3) is 0.519. The van der Waals surface area contributed by atoms with E-state index >= 15 is 0 Å². The second-order valence-corrected chi connectivity index (χ2v) is 9.99. The Bertz CT molecular complexity index is 938. The standard InChI is InChI=1S/C27H34F2N2O3/c1-19(2)31-25(32)34-27(26(31,3)33)14-17-30(18-15-27)16-4-5-24(20-6-10-22(28)11-7-20)21-8-12-23(29)13-9-21/h6-13,19,24,33H,4-5,14-18H2,1-3H3. The summed E-state index contributed by atoms with van der Waals surface area (Å²) in [5.74, 6) is -0.500. The third kappa shape index (κ3) is 4.68. The van der Waals surface area contributed by atoms with Crippen LogP contribution in [0.3, 0.4) is 0 Å². The molecule has 0 aromatic heterocycles. The molecule has 0 radical (unpaired) electrons. The van der Waals surface area contributed by atoms with Crippen LogP contribution in [0.25, 0.3) is 0 Å². The van der Waals surface area contributed by atoms with Crippen LogP contribution in [0.1, 0.15) is 63.5 Å². The number of hydrogen-bond donors (Lipinski definition) is 1. The Hall–Kier alpha value is -2.51. The van der Waals surface area contributed by atoms with Crippen molar-refractivity contribution in [3.8, 4) is 0 Å². The molecule has 0 bridgehead atoms. The Kier molecular flexibility index (Phi) is 6.97. The smallest absolute Gasteiger partial charge is 0.413 e. The molecule has 1 unspecified atom stereocenters. The van der Waals surface area contributed by atoms with Gasteiger partial charge in [-0.15, -0.1) is 0 Å². The van der Waals surface area contributed by atoms with Gasteiger partial charge in [0.2, 0.25) is 0 Å². The van der Waals surface area contributed by atoms with E-state index in [9.17, 15) is 18.7 Å². The molecule has 0 aliphatic carbocycles. The molecule has 1 amide bonds. The highest BCUT2D eigenvalue weighted by Crippen LogP contribution is 2.45. The van der Waals surface area contributed by atoms with Crippen molar-refractivity contribution >= 4 is 6.09 Å². The van der Waals surface area contributed by atoms with Gasteiger partial charge >= 0.3 is 6.09 Å².